The van der Waals surface area contributed by atoms with Crippen LogP contribution in [-0.2, 0) is 28.6 Å². The summed E-state index contributed by atoms with van der Waals surface area (Å²) in [7, 11) is 0. The highest BCUT2D eigenvalue weighted by atomic mass is 16.6. The van der Waals surface area contributed by atoms with Gasteiger partial charge in [-0.1, -0.05) is 311 Å². The Morgan fingerprint density at radius 1 is 0.279 bits per heavy atom. The molecule has 0 aromatic carbocycles. The maximum atomic E-state index is 12.9. The Morgan fingerprint density at radius 2 is 0.485 bits per heavy atom. The van der Waals surface area contributed by atoms with Crippen molar-refractivity contribution in [3.63, 3.8) is 0 Å². The Morgan fingerprint density at radius 3 is 0.721 bits per heavy atom. The van der Waals surface area contributed by atoms with Crippen LogP contribution in [0.2, 0.25) is 0 Å². The molecular formula is C62H120O6. The Labute approximate surface area is 425 Å². The van der Waals surface area contributed by atoms with Crippen LogP contribution >= 0.6 is 0 Å². The summed E-state index contributed by atoms with van der Waals surface area (Å²) >= 11 is 0. The molecule has 0 amide bonds. The van der Waals surface area contributed by atoms with Crippen LogP contribution in [-0.4, -0.2) is 37.2 Å². The molecule has 404 valence electrons. The van der Waals surface area contributed by atoms with Gasteiger partial charge in [-0.25, -0.2) is 0 Å². The fourth-order valence-electron chi connectivity index (χ4n) is 9.58. The van der Waals surface area contributed by atoms with Gasteiger partial charge in [0.05, 0.1) is 0 Å². The van der Waals surface area contributed by atoms with Gasteiger partial charge >= 0.3 is 17.9 Å². The van der Waals surface area contributed by atoms with Crippen LogP contribution in [0.15, 0.2) is 0 Å². The molecule has 1 atom stereocenters. The highest BCUT2D eigenvalue weighted by Gasteiger charge is 2.19. The molecular weight excluding hydrogens is 841 g/mol. The van der Waals surface area contributed by atoms with Crippen LogP contribution in [0.3, 0.4) is 0 Å². The first-order valence-corrected chi connectivity index (χ1v) is 30.7. The van der Waals surface area contributed by atoms with E-state index >= 15 is 0 Å². The molecule has 0 radical (unpaired) electrons. The number of rotatable bonds is 56. The van der Waals surface area contributed by atoms with E-state index in [1.54, 1.807) is 0 Å². The second-order valence-corrected chi connectivity index (χ2v) is 22.3. The number of carbonyl (C=O) groups is 3. The minimum Gasteiger partial charge on any atom is -0.462 e. The van der Waals surface area contributed by atoms with E-state index in [2.05, 4.69) is 34.6 Å². The quantitative estimate of drug-likeness (QED) is 0.0343. The summed E-state index contributed by atoms with van der Waals surface area (Å²) in [5, 5.41) is 0. The average molecular weight is 962 g/mol. The number of unbranched alkanes of at least 4 members (excludes halogenated alkanes) is 41. The van der Waals surface area contributed by atoms with Gasteiger partial charge in [-0.15, -0.1) is 0 Å². The van der Waals surface area contributed by atoms with Gasteiger partial charge in [-0.05, 0) is 31.1 Å². The van der Waals surface area contributed by atoms with Gasteiger partial charge in [0, 0.05) is 19.3 Å². The van der Waals surface area contributed by atoms with Crippen molar-refractivity contribution < 1.29 is 28.6 Å². The number of ether oxygens (including phenoxy) is 3. The third kappa shape index (κ3) is 55.3. The lowest BCUT2D eigenvalue weighted by Gasteiger charge is -2.18. The minimum atomic E-state index is -0.763. The first-order chi connectivity index (χ1) is 33.2. The van der Waals surface area contributed by atoms with E-state index < -0.39 is 6.10 Å². The van der Waals surface area contributed by atoms with Gasteiger partial charge in [-0.2, -0.15) is 0 Å². The fourth-order valence-corrected chi connectivity index (χ4v) is 9.58. The van der Waals surface area contributed by atoms with Crippen LogP contribution < -0.4 is 0 Å². The second-order valence-electron chi connectivity index (χ2n) is 22.3. The summed E-state index contributed by atoms with van der Waals surface area (Å²) in [5.74, 6) is 0.830. The zero-order chi connectivity index (χ0) is 49.6. The van der Waals surface area contributed by atoms with Gasteiger partial charge in [-0.3, -0.25) is 14.4 Å². The smallest absolute Gasteiger partial charge is 0.306 e. The van der Waals surface area contributed by atoms with E-state index in [-0.39, 0.29) is 31.1 Å². The highest BCUT2D eigenvalue weighted by Crippen LogP contribution is 2.19. The Kier molecular flexibility index (Phi) is 53.5. The largest absolute Gasteiger partial charge is 0.462 e. The molecule has 0 aliphatic rings. The predicted molar refractivity (Wildman–Crippen MR) is 293 cm³/mol. The lowest BCUT2D eigenvalue weighted by Crippen LogP contribution is -2.30. The van der Waals surface area contributed by atoms with Crippen LogP contribution in [0.25, 0.3) is 0 Å². The molecule has 0 aliphatic heterocycles. The average Bonchev–Trinajstić information content (AvgIpc) is 3.31. The molecule has 6 nitrogen and oxygen atoms in total. The molecule has 0 N–H and O–H groups in total. The Hall–Kier alpha value is -1.59. The molecule has 0 unspecified atom stereocenters. The minimum absolute atomic E-state index is 0.0624. The first kappa shape index (κ1) is 66.4. The van der Waals surface area contributed by atoms with Crippen molar-refractivity contribution in [1.29, 1.82) is 0 Å². The highest BCUT2D eigenvalue weighted by molar-refractivity contribution is 5.71. The van der Waals surface area contributed by atoms with Crippen molar-refractivity contribution in [2.75, 3.05) is 13.2 Å². The number of esters is 3. The summed E-state index contributed by atoms with van der Waals surface area (Å²) in [6, 6.07) is 0. The van der Waals surface area contributed by atoms with E-state index in [9.17, 15) is 14.4 Å². The number of hydrogen-bond acceptors (Lipinski definition) is 6. The maximum absolute atomic E-state index is 12.9. The van der Waals surface area contributed by atoms with Crippen molar-refractivity contribution >= 4 is 17.9 Å². The zero-order valence-electron chi connectivity index (χ0n) is 46.7. The topological polar surface area (TPSA) is 78.9 Å². The molecule has 0 saturated heterocycles. The number of carbonyl (C=O) groups excluding carboxylic acids is 3. The molecule has 0 rings (SSSR count). The molecule has 0 aromatic heterocycles. The zero-order valence-corrected chi connectivity index (χ0v) is 46.7. The summed E-state index contributed by atoms with van der Waals surface area (Å²) < 4.78 is 16.9. The monoisotopic (exact) mass is 961 g/mol. The van der Waals surface area contributed by atoms with E-state index in [0.29, 0.717) is 19.3 Å². The molecule has 0 aliphatic carbocycles. The first-order valence-electron chi connectivity index (χ1n) is 30.7. The third-order valence-electron chi connectivity index (χ3n) is 14.2. The molecule has 68 heavy (non-hydrogen) atoms. The second kappa shape index (κ2) is 54.7. The van der Waals surface area contributed by atoms with Crippen molar-refractivity contribution in [2.45, 2.75) is 355 Å². The summed E-state index contributed by atoms with van der Waals surface area (Å²) in [6.45, 7) is 11.4. The van der Waals surface area contributed by atoms with Gasteiger partial charge in [0.2, 0.25) is 0 Å². The Bertz CT molecular complexity index is 1040. The Balaban J connectivity index is 4.27. The molecule has 0 bridgehead atoms. The SMILES string of the molecule is CCCCCCCCCCCCCCCCCCCCCC(=O)OC[C@@H](COC(=O)CCCCCCCCCCCCC(C)C)OC(=O)CCCCCCCCCCCCCCCCCC(C)C. The molecule has 0 aromatic rings. The van der Waals surface area contributed by atoms with Gasteiger partial charge in [0.25, 0.3) is 0 Å². The van der Waals surface area contributed by atoms with Crippen molar-refractivity contribution in [3.8, 4) is 0 Å². The van der Waals surface area contributed by atoms with Crippen LogP contribution in [0.4, 0.5) is 0 Å². The van der Waals surface area contributed by atoms with Crippen molar-refractivity contribution in [2.24, 2.45) is 11.8 Å². The molecule has 0 heterocycles. The van der Waals surface area contributed by atoms with Crippen LogP contribution in [0.1, 0.15) is 349 Å². The van der Waals surface area contributed by atoms with E-state index in [0.717, 1.165) is 69.6 Å². The normalized spacial score (nSPS) is 12.0. The van der Waals surface area contributed by atoms with Gasteiger partial charge in [0.1, 0.15) is 13.2 Å². The number of hydrogen-bond donors (Lipinski definition) is 0. The predicted octanol–water partition coefficient (Wildman–Crippen LogP) is 20.4. The van der Waals surface area contributed by atoms with E-state index in [1.807, 2.05) is 0 Å². The fraction of sp³-hybridized carbons (Fsp3) is 0.952. The summed E-state index contributed by atoms with van der Waals surface area (Å²) in [6.07, 6.45) is 59.6. The van der Waals surface area contributed by atoms with E-state index in [1.165, 1.54) is 238 Å². The van der Waals surface area contributed by atoms with Crippen LogP contribution in [0.5, 0.6) is 0 Å². The molecule has 0 spiro atoms. The molecule has 6 heteroatoms. The van der Waals surface area contributed by atoms with Crippen molar-refractivity contribution in [3.05, 3.63) is 0 Å². The maximum Gasteiger partial charge on any atom is 0.306 e. The standard InChI is InChI=1S/C62H120O6/c1-6-7-8-9-10-11-12-13-14-15-16-17-20-23-26-32-37-42-47-52-60(63)66-55-59(56-67-61(64)53-48-43-38-33-29-28-31-36-41-46-51-58(4)5)68-62(65)54-49-44-39-34-27-24-21-18-19-22-25-30-35-40-45-50-57(2)3/h57-59H,6-56H2,1-5H3/t59-/m0/s1. The molecule has 0 saturated carbocycles. The molecule has 0 fully saturated rings. The summed E-state index contributed by atoms with van der Waals surface area (Å²) in [5.41, 5.74) is 0. The van der Waals surface area contributed by atoms with Gasteiger partial charge in [0.15, 0.2) is 6.10 Å². The van der Waals surface area contributed by atoms with Gasteiger partial charge < -0.3 is 14.2 Å². The lowest BCUT2D eigenvalue weighted by molar-refractivity contribution is -0.167. The van der Waals surface area contributed by atoms with E-state index in [4.69, 9.17) is 14.2 Å². The van der Waals surface area contributed by atoms with Crippen LogP contribution in [0, 0.1) is 11.8 Å². The third-order valence-corrected chi connectivity index (χ3v) is 14.2. The lowest BCUT2D eigenvalue weighted by atomic mass is 10.0. The van der Waals surface area contributed by atoms with Crippen molar-refractivity contribution in [1.82, 2.24) is 0 Å². The summed E-state index contributed by atoms with van der Waals surface area (Å²) in [4.78, 5) is 38.2.